The van der Waals surface area contributed by atoms with E-state index in [9.17, 15) is 0 Å². The minimum absolute atomic E-state index is 0.216. The molecule has 1 N–H and O–H groups in total. The predicted octanol–water partition coefficient (Wildman–Crippen LogP) is 2.68. The lowest BCUT2D eigenvalue weighted by molar-refractivity contribution is 0.357. The summed E-state index contributed by atoms with van der Waals surface area (Å²) in [7, 11) is 1.64. The fourth-order valence-corrected chi connectivity index (χ4v) is 2.35. The molecule has 24 heavy (non-hydrogen) atoms. The summed E-state index contributed by atoms with van der Waals surface area (Å²) in [5.41, 5.74) is 0.868. The molecule has 0 aliphatic carbocycles. The molecule has 7 heteroatoms. The van der Waals surface area contributed by atoms with Crippen LogP contribution in [-0.2, 0) is 6.54 Å². The van der Waals surface area contributed by atoms with Gasteiger partial charge in [-0.05, 0) is 44.2 Å². The summed E-state index contributed by atoms with van der Waals surface area (Å²) >= 11 is 0. The molecule has 2 heterocycles. The van der Waals surface area contributed by atoms with E-state index < -0.39 is 0 Å². The van der Waals surface area contributed by atoms with E-state index in [2.05, 4.69) is 34.4 Å². The van der Waals surface area contributed by atoms with Crippen molar-refractivity contribution in [2.75, 3.05) is 7.11 Å². The van der Waals surface area contributed by atoms with Crippen molar-refractivity contribution in [3.8, 4) is 17.2 Å². The molecule has 126 valence electrons. The summed E-state index contributed by atoms with van der Waals surface area (Å²) < 4.78 is 12.4. The van der Waals surface area contributed by atoms with Crippen molar-refractivity contribution >= 4 is 0 Å². The van der Waals surface area contributed by atoms with E-state index in [1.807, 2.05) is 41.2 Å². The Hall–Kier alpha value is -2.67. The standard InChI is InChI=1S/C17H21N5O2/c1-12(13(2)22-10-4-9-19-22)18-11-16-20-17(24-21-16)14-5-7-15(23-3)8-6-14/h4-10,12-13,18H,11H2,1-3H3/t12-,13-/m0/s1. The van der Waals surface area contributed by atoms with E-state index in [4.69, 9.17) is 9.26 Å². The van der Waals surface area contributed by atoms with Crippen LogP contribution in [0.3, 0.4) is 0 Å². The van der Waals surface area contributed by atoms with Crippen molar-refractivity contribution < 1.29 is 9.26 Å². The molecular weight excluding hydrogens is 306 g/mol. The van der Waals surface area contributed by atoms with Gasteiger partial charge in [-0.25, -0.2) is 0 Å². The maximum Gasteiger partial charge on any atom is 0.257 e. The number of hydrogen-bond donors (Lipinski definition) is 1. The van der Waals surface area contributed by atoms with Gasteiger partial charge >= 0.3 is 0 Å². The van der Waals surface area contributed by atoms with Gasteiger partial charge < -0.3 is 14.6 Å². The van der Waals surface area contributed by atoms with Crippen LogP contribution in [0.15, 0.2) is 47.2 Å². The van der Waals surface area contributed by atoms with E-state index in [-0.39, 0.29) is 12.1 Å². The normalized spacial score (nSPS) is 13.6. The summed E-state index contributed by atoms with van der Waals surface area (Å²) in [5.74, 6) is 1.92. The number of nitrogens with zero attached hydrogens (tertiary/aromatic N) is 4. The van der Waals surface area contributed by atoms with Crippen LogP contribution < -0.4 is 10.1 Å². The molecule has 0 unspecified atom stereocenters. The van der Waals surface area contributed by atoms with Crippen LogP contribution in [0, 0.1) is 0 Å². The molecule has 7 nitrogen and oxygen atoms in total. The summed E-state index contributed by atoms with van der Waals surface area (Å²) in [4.78, 5) is 4.43. The molecule has 0 radical (unpaired) electrons. The van der Waals surface area contributed by atoms with Gasteiger partial charge in [-0.3, -0.25) is 4.68 Å². The van der Waals surface area contributed by atoms with Gasteiger partial charge in [-0.1, -0.05) is 5.16 Å². The highest BCUT2D eigenvalue weighted by Gasteiger charge is 2.15. The predicted molar refractivity (Wildman–Crippen MR) is 89.5 cm³/mol. The molecule has 0 bridgehead atoms. The molecule has 2 atom stereocenters. The van der Waals surface area contributed by atoms with Gasteiger partial charge in [-0.15, -0.1) is 0 Å². The number of hydrogen-bond acceptors (Lipinski definition) is 6. The number of rotatable bonds is 7. The Kier molecular flexibility index (Phi) is 4.90. The summed E-state index contributed by atoms with van der Waals surface area (Å²) in [6, 6.07) is 9.89. The van der Waals surface area contributed by atoms with Crippen molar-refractivity contribution in [2.45, 2.75) is 32.5 Å². The van der Waals surface area contributed by atoms with Gasteiger partial charge in [0.25, 0.3) is 5.89 Å². The van der Waals surface area contributed by atoms with Crippen molar-refractivity contribution in [2.24, 2.45) is 0 Å². The van der Waals surface area contributed by atoms with Crippen molar-refractivity contribution in [1.29, 1.82) is 0 Å². The Morgan fingerprint density at radius 2 is 2.04 bits per heavy atom. The largest absolute Gasteiger partial charge is 0.497 e. The average molecular weight is 327 g/mol. The molecule has 0 aliphatic heterocycles. The van der Waals surface area contributed by atoms with Crippen LogP contribution in [0.1, 0.15) is 25.7 Å². The van der Waals surface area contributed by atoms with Crippen molar-refractivity contribution in [1.82, 2.24) is 25.2 Å². The minimum Gasteiger partial charge on any atom is -0.497 e. The van der Waals surface area contributed by atoms with Gasteiger partial charge in [0, 0.05) is 24.0 Å². The fraction of sp³-hybridized carbons (Fsp3) is 0.353. The molecule has 0 saturated carbocycles. The first-order chi connectivity index (χ1) is 11.7. The van der Waals surface area contributed by atoms with Gasteiger partial charge in [-0.2, -0.15) is 10.1 Å². The number of nitrogens with one attached hydrogen (secondary N) is 1. The third kappa shape index (κ3) is 3.62. The highest BCUT2D eigenvalue weighted by molar-refractivity contribution is 5.54. The van der Waals surface area contributed by atoms with Gasteiger partial charge in [0.1, 0.15) is 5.75 Å². The monoisotopic (exact) mass is 327 g/mol. The zero-order valence-corrected chi connectivity index (χ0v) is 14.0. The summed E-state index contributed by atoms with van der Waals surface area (Å²) in [6.07, 6.45) is 3.74. The van der Waals surface area contributed by atoms with Crippen LogP contribution in [0.5, 0.6) is 5.75 Å². The molecule has 0 aliphatic rings. The van der Waals surface area contributed by atoms with Crippen LogP contribution in [0.4, 0.5) is 0 Å². The Morgan fingerprint density at radius 3 is 2.71 bits per heavy atom. The Morgan fingerprint density at radius 1 is 1.25 bits per heavy atom. The zero-order chi connectivity index (χ0) is 16.9. The maximum absolute atomic E-state index is 5.33. The van der Waals surface area contributed by atoms with Crippen LogP contribution in [0.2, 0.25) is 0 Å². The highest BCUT2D eigenvalue weighted by atomic mass is 16.5. The first kappa shape index (κ1) is 16.2. The second-order valence-corrected chi connectivity index (χ2v) is 5.64. The second-order valence-electron chi connectivity index (χ2n) is 5.64. The smallest absolute Gasteiger partial charge is 0.257 e. The van der Waals surface area contributed by atoms with E-state index in [0.29, 0.717) is 18.3 Å². The number of ether oxygens (including phenoxy) is 1. The number of benzene rings is 1. The fourth-order valence-electron chi connectivity index (χ4n) is 2.35. The molecular formula is C17H21N5O2. The van der Waals surface area contributed by atoms with Crippen LogP contribution in [0.25, 0.3) is 11.5 Å². The summed E-state index contributed by atoms with van der Waals surface area (Å²) in [6.45, 7) is 4.76. The van der Waals surface area contributed by atoms with E-state index in [1.165, 1.54) is 0 Å². The van der Waals surface area contributed by atoms with Crippen molar-refractivity contribution in [3.05, 3.63) is 48.5 Å². The molecule has 0 spiro atoms. The van der Waals surface area contributed by atoms with Crippen molar-refractivity contribution in [3.63, 3.8) is 0 Å². The Bertz CT molecular complexity index is 752. The quantitative estimate of drug-likeness (QED) is 0.719. The van der Waals surface area contributed by atoms with Crippen LogP contribution in [-0.4, -0.2) is 33.1 Å². The highest BCUT2D eigenvalue weighted by Crippen LogP contribution is 2.20. The maximum atomic E-state index is 5.33. The van der Waals surface area contributed by atoms with Crippen LogP contribution >= 0.6 is 0 Å². The Balaban J connectivity index is 1.59. The topological polar surface area (TPSA) is 78.0 Å². The van der Waals surface area contributed by atoms with E-state index in [1.54, 1.807) is 13.3 Å². The lowest BCUT2D eigenvalue weighted by atomic mass is 10.2. The zero-order valence-electron chi connectivity index (χ0n) is 14.0. The molecule has 3 rings (SSSR count). The number of methoxy groups -OCH3 is 1. The molecule has 1 aromatic carbocycles. The lowest BCUT2D eigenvalue weighted by Crippen LogP contribution is -2.33. The average Bonchev–Trinajstić information content (AvgIpc) is 3.31. The molecule has 0 saturated heterocycles. The first-order valence-corrected chi connectivity index (χ1v) is 7.87. The lowest BCUT2D eigenvalue weighted by Gasteiger charge is -2.20. The van der Waals surface area contributed by atoms with Gasteiger partial charge in [0.15, 0.2) is 5.82 Å². The first-order valence-electron chi connectivity index (χ1n) is 7.87. The third-order valence-corrected chi connectivity index (χ3v) is 4.05. The van der Waals surface area contributed by atoms with E-state index in [0.717, 1.165) is 11.3 Å². The van der Waals surface area contributed by atoms with E-state index >= 15 is 0 Å². The SMILES string of the molecule is COc1ccc(-c2nc(CN[C@@H](C)[C@H](C)n3cccn3)no2)cc1. The molecule has 2 aromatic heterocycles. The second kappa shape index (κ2) is 7.27. The van der Waals surface area contributed by atoms with Gasteiger partial charge in [0.2, 0.25) is 0 Å². The minimum atomic E-state index is 0.216. The molecule has 0 amide bonds. The Labute approximate surface area is 140 Å². The number of aromatic nitrogens is 4. The third-order valence-electron chi connectivity index (χ3n) is 4.05. The molecule has 3 aromatic rings. The van der Waals surface area contributed by atoms with Gasteiger partial charge in [0.05, 0.1) is 19.7 Å². The molecule has 0 fully saturated rings. The summed E-state index contributed by atoms with van der Waals surface area (Å²) in [5, 5.41) is 11.7.